The first-order valence-electron chi connectivity index (χ1n) is 12.8. The first kappa shape index (κ1) is 32.0. The van der Waals surface area contributed by atoms with E-state index in [0.717, 1.165) is 26.8 Å². The number of esters is 4. The van der Waals surface area contributed by atoms with Gasteiger partial charge in [-0.15, -0.1) is 0 Å². The quantitative estimate of drug-likeness (QED) is 0.200. The van der Waals surface area contributed by atoms with E-state index in [-0.39, 0.29) is 26.2 Å². The minimum atomic E-state index is -0.492. The molecule has 2 aromatic carbocycles. The summed E-state index contributed by atoms with van der Waals surface area (Å²) in [5.41, 5.74) is 4.81. The molecule has 0 bridgehead atoms. The molecule has 0 aromatic heterocycles. The van der Waals surface area contributed by atoms with Crippen LogP contribution in [0, 0.1) is 0 Å². The summed E-state index contributed by atoms with van der Waals surface area (Å²) in [7, 11) is 5.14. The fourth-order valence-corrected chi connectivity index (χ4v) is 4.31. The standard InChI is InChI=1S/C31H32N2O8.Ni/c1-38-27(34)18-32(19-28(35)39-2)25-14-10-23(11-15-25)31(22-8-6-5-7-9-22)24-12-16-26(17-13-24)33(20-29(36)40-3)21-30(37)41-4;/h6-17H,18-21H2,1-4H3;. The van der Waals surface area contributed by atoms with Crippen molar-refractivity contribution in [2.45, 2.75) is 0 Å². The third kappa shape index (κ3) is 8.75. The van der Waals surface area contributed by atoms with Crippen molar-refractivity contribution in [1.82, 2.24) is 0 Å². The first-order valence-corrected chi connectivity index (χ1v) is 13.3. The zero-order valence-electron chi connectivity index (χ0n) is 23.7. The van der Waals surface area contributed by atoms with Crippen molar-refractivity contribution in [3.05, 3.63) is 89.5 Å². The summed E-state index contributed by atoms with van der Waals surface area (Å²) in [5, 5.41) is 0. The monoisotopic (exact) mass is 618 g/mol. The van der Waals surface area contributed by atoms with Gasteiger partial charge in [0.25, 0.3) is 0 Å². The van der Waals surface area contributed by atoms with Crippen LogP contribution in [0.2, 0.25) is 0 Å². The number of benzene rings is 2. The molecule has 0 saturated carbocycles. The zero-order chi connectivity index (χ0) is 30.6. The Hall–Kier alpha value is -4.50. The van der Waals surface area contributed by atoms with Crippen molar-refractivity contribution in [2.24, 2.45) is 0 Å². The average molecular weight is 619 g/mol. The van der Waals surface area contributed by atoms with E-state index in [9.17, 15) is 19.2 Å². The van der Waals surface area contributed by atoms with E-state index in [4.69, 9.17) is 34.0 Å². The fourth-order valence-electron chi connectivity index (χ4n) is 4.14. The van der Waals surface area contributed by atoms with Crippen molar-refractivity contribution in [2.75, 3.05) is 64.4 Å². The second-order valence-electron chi connectivity index (χ2n) is 8.96. The van der Waals surface area contributed by atoms with Gasteiger partial charge in [0, 0.05) is 0 Å². The summed E-state index contributed by atoms with van der Waals surface area (Å²) in [5.74, 6) is -1.97. The van der Waals surface area contributed by atoms with Crippen molar-refractivity contribution in [1.29, 1.82) is 0 Å². The number of ether oxygens (including phenoxy) is 4. The molecular formula is C31H32N2NiO8. The molecule has 0 unspecified atom stereocenters. The van der Waals surface area contributed by atoms with Crippen molar-refractivity contribution in [3.63, 3.8) is 0 Å². The van der Waals surface area contributed by atoms with Gasteiger partial charge in [0.15, 0.2) is 0 Å². The second kappa shape index (κ2) is 15.5. The number of hydrogen-bond acceptors (Lipinski definition) is 10. The molecule has 11 heteroatoms. The Morgan fingerprint density at radius 1 is 0.548 bits per heavy atom. The molecule has 3 rings (SSSR count). The van der Waals surface area contributed by atoms with Gasteiger partial charge in [-0.3, -0.25) is 19.2 Å². The molecule has 10 nitrogen and oxygen atoms in total. The molecular weight excluding hydrogens is 587 g/mol. The molecule has 42 heavy (non-hydrogen) atoms. The van der Waals surface area contributed by atoms with Crippen molar-refractivity contribution in [3.8, 4) is 0 Å². The Morgan fingerprint density at radius 3 is 1.14 bits per heavy atom. The molecule has 0 spiro atoms. The summed E-state index contributed by atoms with van der Waals surface area (Å²) in [6.45, 7) is -0.508. The topological polar surface area (TPSA) is 112 Å². The second-order valence-corrected chi connectivity index (χ2v) is 9.53. The molecule has 2 aromatic rings. The van der Waals surface area contributed by atoms with Gasteiger partial charge in [-0.1, -0.05) is 0 Å². The summed E-state index contributed by atoms with van der Waals surface area (Å²) in [4.78, 5) is 51.1. The molecule has 1 aliphatic rings. The SMILES string of the molecule is COC(=O)CN(CC(=O)OC)c1ccc(C(=C2C=C[C](=[Ni])C=C2)c2ccc(N(CC(=O)OC)CC(=O)OC)cc2)cc1. The fraction of sp³-hybridized carbons (Fsp3) is 0.258. The zero-order valence-corrected chi connectivity index (χ0v) is 24.7. The third-order valence-corrected chi connectivity index (χ3v) is 6.67. The van der Waals surface area contributed by atoms with Crippen LogP contribution in [0.1, 0.15) is 11.1 Å². The van der Waals surface area contributed by atoms with Crippen molar-refractivity contribution < 1.29 is 53.2 Å². The third-order valence-electron chi connectivity index (χ3n) is 6.35. The molecule has 0 saturated heterocycles. The normalized spacial score (nSPS) is 12.0. The van der Waals surface area contributed by atoms with Crippen molar-refractivity contribution >= 4 is 45.3 Å². The Labute approximate surface area is 252 Å². The van der Waals surface area contributed by atoms with E-state index in [0.29, 0.717) is 11.4 Å². The molecule has 224 valence electrons. The molecule has 0 radical (unpaired) electrons. The maximum atomic E-state index is 12.0. The summed E-state index contributed by atoms with van der Waals surface area (Å²) >= 11 is 4.96. The first-order chi connectivity index (χ1) is 20.2. The molecule has 0 aliphatic heterocycles. The van der Waals surface area contributed by atoms with Crippen LogP contribution in [0.5, 0.6) is 0 Å². The van der Waals surface area contributed by atoms with Gasteiger partial charge in [-0.05, 0) is 0 Å². The number of carbonyl (C=O) groups excluding carboxylic acids is 4. The van der Waals surface area contributed by atoms with E-state index in [1.807, 2.05) is 72.8 Å². The van der Waals surface area contributed by atoms with Crippen LogP contribution in [0.4, 0.5) is 11.4 Å². The van der Waals surface area contributed by atoms with Crippen LogP contribution in [0.25, 0.3) is 5.57 Å². The van der Waals surface area contributed by atoms with Crippen LogP contribution < -0.4 is 9.80 Å². The van der Waals surface area contributed by atoms with Gasteiger partial charge in [-0.2, -0.15) is 0 Å². The van der Waals surface area contributed by atoms with E-state index in [1.54, 1.807) is 9.80 Å². The number of rotatable bonds is 12. The molecule has 0 atom stereocenters. The maximum absolute atomic E-state index is 12.0. The predicted molar refractivity (Wildman–Crippen MR) is 155 cm³/mol. The summed E-state index contributed by atoms with van der Waals surface area (Å²) in [6, 6.07) is 14.8. The number of methoxy groups -OCH3 is 4. The molecule has 0 N–H and O–H groups in total. The van der Waals surface area contributed by atoms with E-state index in [2.05, 4.69) is 0 Å². The number of hydrogen-bond donors (Lipinski definition) is 0. The molecule has 0 fully saturated rings. The van der Waals surface area contributed by atoms with Crippen LogP contribution in [0.15, 0.2) is 78.4 Å². The molecule has 0 heterocycles. The van der Waals surface area contributed by atoms with Crippen LogP contribution in [-0.2, 0) is 53.2 Å². The van der Waals surface area contributed by atoms with E-state index >= 15 is 0 Å². The number of allylic oxidation sites excluding steroid dienone is 5. The number of nitrogens with zero attached hydrogens (tertiary/aromatic N) is 2. The van der Waals surface area contributed by atoms with Gasteiger partial charge >= 0.3 is 186 Å². The van der Waals surface area contributed by atoms with Crippen LogP contribution in [-0.4, -0.2) is 83.0 Å². The van der Waals surface area contributed by atoms with Crippen LogP contribution in [0.3, 0.4) is 0 Å². The number of carbonyl (C=O) groups is 4. The molecule has 0 amide bonds. The number of anilines is 2. The minimum absolute atomic E-state index is 0.127. The average Bonchev–Trinajstić information content (AvgIpc) is 3.01. The van der Waals surface area contributed by atoms with Gasteiger partial charge in [0.2, 0.25) is 0 Å². The van der Waals surface area contributed by atoms with Crippen LogP contribution >= 0.6 is 0 Å². The summed E-state index contributed by atoms with van der Waals surface area (Å²) in [6.07, 6.45) is 7.61. The van der Waals surface area contributed by atoms with E-state index < -0.39 is 23.9 Å². The Bertz CT molecular complexity index is 1270. The van der Waals surface area contributed by atoms with E-state index in [1.165, 1.54) is 28.4 Å². The van der Waals surface area contributed by atoms with Gasteiger partial charge in [0.05, 0.1) is 28.4 Å². The summed E-state index contributed by atoms with van der Waals surface area (Å²) < 4.78 is 19.9. The van der Waals surface area contributed by atoms with Gasteiger partial charge in [0.1, 0.15) is 0 Å². The Balaban J connectivity index is 2.02. The van der Waals surface area contributed by atoms with Gasteiger partial charge < -0.3 is 18.9 Å². The van der Waals surface area contributed by atoms with Gasteiger partial charge in [-0.25, -0.2) is 0 Å². The Kier molecular flexibility index (Phi) is 11.8. The Morgan fingerprint density at radius 2 is 0.857 bits per heavy atom. The predicted octanol–water partition coefficient (Wildman–Crippen LogP) is 2.64. The molecule has 1 aliphatic carbocycles.